The van der Waals surface area contributed by atoms with Gasteiger partial charge in [0.25, 0.3) is 5.91 Å². The van der Waals surface area contributed by atoms with E-state index in [1.165, 1.54) is 62.7 Å². The van der Waals surface area contributed by atoms with E-state index in [1.54, 1.807) is 0 Å². The number of urea groups is 1. The summed E-state index contributed by atoms with van der Waals surface area (Å²) < 4.78 is 0. The predicted molar refractivity (Wildman–Crippen MR) is 123 cm³/mol. The van der Waals surface area contributed by atoms with E-state index in [4.69, 9.17) is 0 Å². The molecule has 0 radical (unpaired) electrons. The molecule has 1 aromatic rings. The Morgan fingerprint density at radius 3 is 2.07 bits per heavy atom. The third kappa shape index (κ3) is 7.75. The van der Waals surface area contributed by atoms with Crippen LogP contribution in [0.15, 0.2) is 30.3 Å². The number of imide groups is 1. The topological polar surface area (TPSA) is 52.6 Å². The van der Waals surface area contributed by atoms with Crippen LogP contribution < -0.4 is 5.32 Å². The largest absolute Gasteiger partial charge is 0.326 e. The first-order chi connectivity index (χ1) is 14.5. The van der Waals surface area contributed by atoms with Gasteiger partial charge in [0.15, 0.2) is 0 Å². The summed E-state index contributed by atoms with van der Waals surface area (Å²) in [5.74, 6) is -0.133. The lowest BCUT2D eigenvalue weighted by atomic mass is 9.93. The Labute approximate surface area is 183 Å². The number of amides is 3. The van der Waals surface area contributed by atoms with Crippen molar-refractivity contribution >= 4 is 11.9 Å². The fraction of sp³-hybridized carbons (Fsp3) is 0.680. The second-order valence-electron chi connectivity index (χ2n) is 9.06. The van der Waals surface area contributed by atoms with Gasteiger partial charge in [-0.05, 0) is 32.5 Å². The number of carbonyl (C=O) groups excluding carboxylic acids is 2. The first-order valence-electron chi connectivity index (χ1n) is 11.8. The Balaban J connectivity index is 1.64. The highest BCUT2D eigenvalue weighted by molar-refractivity contribution is 6.06. The lowest BCUT2D eigenvalue weighted by Crippen LogP contribution is -2.46. The number of nitrogens with one attached hydrogen (secondary N) is 1. The summed E-state index contributed by atoms with van der Waals surface area (Å²) in [7, 11) is 1.99. The van der Waals surface area contributed by atoms with Crippen molar-refractivity contribution in [2.75, 3.05) is 20.3 Å². The van der Waals surface area contributed by atoms with Gasteiger partial charge in [-0.15, -0.1) is 0 Å². The van der Waals surface area contributed by atoms with E-state index < -0.39 is 5.54 Å². The van der Waals surface area contributed by atoms with E-state index in [9.17, 15) is 9.59 Å². The third-order valence-corrected chi connectivity index (χ3v) is 6.02. The molecule has 0 aromatic heterocycles. The smallest absolute Gasteiger partial charge is 0.323 e. The van der Waals surface area contributed by atoms with Crippen molar-refractivity contribution in [3.63, 3.8) is 0 Å². The molecule has 1 fully saturated rings. The highest BCUT2D eigenvalue weighted by Gasteiger charge is 2.47. The van der Waals surface area contributed by atoms with Crippen molar-refractivity contribution in [3.05, 3.63) is 35.9 Å². The molecule has 0 aliphatic carbocycles. The van der Waals surface area contributed by atoms with E-state index in [-0.39, 0.29) is 11.9 Å². The van der Waals surface area contributed by atoms with E-state index in [0.717, 1.165) is 18.5 Å². The van der Waals surface area contributed by atoms with Gasteiger partial charge in [0, 0.05) is 6.42 Å². The van der Waals surface area contributed by atoms with Crippen LogP contribution in [0.4, 0.5) is 4.79 Å². The fourth-order valence-corrected chi connectivity index (χ4v) is 4.18. The summed E-state index contributed by atoms with van der Waals surface area (Å²) >= 11 is 0. The highest BCUT2D eigenvalue weighted by Crippen LogP contribution is 2.22. The lowest BCUT2D eigenvalue weighted by Gasteiger charge is -2.24. The zero-order chi connectivity index (χ0) is 21.8. The number of carbonyl (C=O) groups is 2. The molecule has 5 nitrogen and oxygen atoms in total. The van der Waals surface area contributed by atoms with Gasteiger partial charge >= 0.3 is 6.03 Å². The van der Waals surface area contributed by atoms with Crippen molar-refractivity contribution in [1.82, 2.24) is 15.1 Å². The summed E-state index contributed by atoms with van der Waals surface area (Å²) in [5, 5.41) is 2.90. The van der Waals surface area contributed by atoms with E-state index in [0.29, 0.717) is 13.1 Å². The Morgan fingerprint density at radius 1 is 0.900 bits per heavy atom. The van der Waals surface area contributed by atoms with Crippen LogP contribution >= 0.6 is 0 Å². The molecule has 1 unspecified atom stereocenters. The molecule has 1 N–H and O–H groups in total. The highest BCUT2D eigenvalue weighted by atomic mass is 16.2. The van der Waals surface area contributed by atoms with Crippen LogP contribution in [-0.4, -0.2) is 47.5 Å². The van der Waals surface area contributed by atoms with Gasteiger partial charge in [0.1, 0.15) is 5.54 Å². The van der Waals surface area contributed by atoms with E-state index in [1.807, 2.05) is 44.3 Å². The van der Waals surface area contributed by atoms with Gasteiger partial charge in [-0.1, -0.05) is 95.0 Å². The molecular formula is C25H41N3O2. The molecule has 2 rings (SSSR count). The number of unbranched alkanes of at least 4 members (excludes halogenated alkanes) is 9. The van der Waals surface area contributed by atoms with Gasteiger partial charge < -0.3 is 5.32 Å². The number of rotatable bonds is 15. The minimum Gasteiger partial charge on any atom is -0.323 e. The second-order valence-corrected chi connectivity index (χ2v) is 9.06. The van der Waals surface area contributed by atoms with E-state index in [2.05, 4.69) is 17.1 Å². The quantitative estimate of drug-likeness (QED) is 0.310. The lowest BCUT2D eigenvalue weighted by molar-refractivity contribution is -0.132. The van der Waals surface area contributed by atoms with Crippen molar-refractivity contribution in [2.24, 2.45) is 0 Å². The molecule has 0 spiro atoms. The van der Waals surface area contributed by atoms with Crippen LogP contribution in [0.1, 0.15) is 83.6 Å². The average Bonchev–Trinajstić information content (AvgIpc) is 2.93. The van der Waals surface area contributed by atoms with Crippen LogP contribution in [0.25, 0.3) is 0 Å². The van der Waals surface area contributed by atoms with Crippen LogP contribution in [-0.2, 0) is 11.2 Å². The standard InChI is InChI=1S/C25H41N3O2/c1-4-5-6-7-8-9-10-11-12-16-19-27(3)21-28-23(29)25(2,26-24(28)30)20-22-17-14-13-15-18-22/h13-15,17-18H,4-12,16,19-21H2,1-3H3,(H,26,30). The SMILES string of the molecule is CCCCCCCCCCCCN(C)CN1C(=O)NC(C)(Cc2ccccc2)C1=O. The van der Waals surface area contributed by atoms with Crippen molar-refractivity contribution in [3.8, 4) is 0 Å². The van der Waals surface area contributed by atoms with Gasteiger partial charge in [0.05, 0.1) is 6.67 Å². The maximum absolute atomic E-state index is 12.9. The maximum Gasteiger partial charge on any atom is 0.326 e. The molecule has 3 amide bonds. The van der Waals surface area contributed by atoms with Crippen LogP contribution in [0, 0.1) is 0 Å². The molecule has 168 valence electrons. The molecule has 1 aliphatic rings. The van der Waals surface area contributed by atoms with Crippen LogP contribution in [0.3, 0.4) is 0 Å². The maximum atomic E-state index is 12.9. The summed E-state index contributed by atoms with van der Waals surface area (Å²) in [5.41, 5.74) is 0.186. The minimum atomic E-state index is -0.865. The molecule has 5 heteroatoms. The zero-order valence-corrected chi connectivity index (χ0v) is 19.3. The molecule has 30 heavy (non-hydrogen) atoms. The predicted octanol–water partition coefficient (Wildman–Crippen LogP) is 5.35. The Hall–Kier alpha value is -1.88. The Bertz CT molecular complexity index is 649. The van der Waals surface area contributed by atoms with Gasteiger partial charge in [-0.25, -0.2) is 9.69 Å². The zero-order valence-electron chi connectivity index (χ0n) is 19.3. The third-order valence-electron chi connectivity index (χ3n) is 6.02. The first kappa shape index (κ1) is 24.4. The Kier molecular flexibility index (Phi) is 10.4. The number of nitrogens with zero attached hydrogens (tertiary/aromatic N) is 2. The molecule has 0 bridgehead atoms. The molecule has 1 atom stereocenters. The van der Waals surface area contributed by atoms with Crippen molar-refractivity contribution in [2.45, 2.75) is 90.0 Å². The van der Waals surface area contributed by atoms with Gasteiger partial charge in [-0.3, -0.25) is 9.69 Å². The van der Waals surface area contributed by atoms with Gasteiger partial charge in [0.2, 0.25) is 0 Å². The molecule has 1 aromatic carbocycles. The summed E-state index contributed by atoms with van der Waals surface area (Å²) in [6.45, 7) is 5.34. The fourth-order valence-electron chi connectivity index (χ4n) is 4.18. The molecule has 1 heterocycles. The molecule has 1 aliphatic heterocycles. The summed E-state index contributed by atoms with van der Waals surface area (Å²) in [6, 6.07) is 9.56. The second kappa shape index (κ2) is 12.7. The average molecular weight is 416 g/mol. The summed E-state index contributed by atoms with van der Waals surface area (Å²) in [6.07, 6.45) is 13.6. The molecular weight excluding hydrogens is 374 g/mol. The van der Waals surface area contributed by atoms with E-state index >= 15 is 0 Å². The Morgan fingerprint density at radius 2 is 1.47 bits per heavy atom. The van der Waals surface area contributed by atoms with Crippen LogP contribution in [0.2, 0.25) is 0 Å². The van der Waals surface area contributed by atoms with Crippen molar-refractivity contribution < 1.29 is 9.59 Å². The normalized spacial score (nSPS) is 19.0. The minimum absolute atomic E-state index is 0.133. The van der Waals surface area contributed by atoms with Gasteiger partial charge in [-0.2, -0.15) is 0 Å². The summed E-state index contributed by atoms with van der Waals surface area (Å²) in [4.78, 5) is 28.8. The van der Waals surface area contributed by atoms with Crippen LogP contribution in [0.5, 0.6) is 0 Å². The first-order valence-corrected chi connectivity index (χ1v) is 11.8. The molecule has 1 saturated heterocycles. The number of hydrogen-bond acceptors (Lipinski definition) is 3. The number of benzene rings is 1. The van der Waals surface area contributed by atoms with Crippen molar-refractivity contribution in [1.29, 1.82) is 0 Å². The monoisotopic (exact) mass is 415 g/mol. The number of hydrogen-bond donors (Lipinski definition) is 1. The molecule has 0 saturated carbocycles.